The quantitative estimate of drug-likeness (QED) is 0.749. The fraction of sp³-hybridized carbons (Fsp3) is 0.444. The van der Waals surface area contributed by atoms with Crippen molar-refractivity contribution in [1.82, 2.24) is 9.71 Å². The van der Waals surface area contributed by atoms with Gasteiger partial charge in [0.2, 0.25) is 10.0 Å². The van der Waals surface area contributed by atoms with Crippen molar-refractivity contribution in [3.8, 4) is 0 Å². The third-order valence-corrected chi connectivity index (χ3v) is 3.28. The highest BCUT2D eigenvalue weighted by atomic mass is 32.2. The smallest absolute Gasteiger partial charge is 0.242 e. The summed E-state index contributed by atoms with van der Waals surface area (Å²) < 4.78 is 25.7. The van der Waals surface area contributed by atoms with Crippen LogP contribution in [-0.2, 0) is 10.0 Å². The number of nitrogens with zero attached hydrogens (tertiary/aromatic N) is 1. The van der Waals surface area contributed by atoms with Crippen LogP contribution in [-0.4, -0.2) is 26.0 Å². The maximum Gasteiger partial charge on any atom is 0.242 e. The van der Waals surface area contributed by atoms with Gasteiger partial charge in [-0.1, -0.05) is 0 Å². The van der Waals surface area contributed by atoms with Crippen LogP contribution in [0.3, 0.4) is 0 Å². The van der Waals surface area contributed by atoms with Crippen LogP contribution in [0.4, 0.5) is 0 Å². The van der Waals surface area contributed by atoms with E-state index in [1.54, 1.807) is 6.07 Å². The number of pyridine rings is 1. The maximum atomic E-state index is 11.6. The molecule has 6 heteroatoms. The van der Waals surface area contributed by atoms with Gasteiger partial charge in [-0.25, -0.2) is 13.1 Å². The summed E-state index contributed by atoms with van der Waals surface area (Å²) in [6.07, 6.45) is 3.45. The molecule has 3 N–H and O–H groups in total. The summed E-state index contributed by atoms with van der Waals surface area (Å²) in [5.41, 5.74) is 5.51. The van der Waals surface area contributed by atoms with Crippen molar-refractivity contribution < 1.29 is 8.42 Å². The molecule has 0 bridgehead atoms. The van der Waals surface area contributed by atoms with Gasteiger partial charge in [-0.3, -0.25) is 4.98 Å². The molecule has 1 heterocycles. The Kier molecular flexibility index (Phi) is 4.19. The van der Waals surface area contributed by atoms with Crippen LogP contribution < -0.4 is 10.5 Å². The van der Waals surface area contributed by atoms with Crippen LogP contribution in [0.5, 0.6) is 0 Å². The minimum Gasteiger partial charge on any atom is -0.328 e. The number of sulfonamides is 1. The van der Waals surface area contributed by atoms with Gasteiger partial charge in [-0.15, -0.1) is 0 Å². The highest BCUT2D eigenvalue weighted by Crippen LogP contribution is 2.04. The summed E-state index contributed by atoms with van der Waals surface area (Å²) in [5.74, 6) is 0. The van der Waals surface area contributed by atoms with Gasteiger partial charge in [0.1, 0.15) is 4.90 Å². The molecule has 0 radical (unpaired) electrons. The largest absolute Gasteiger partial charge is 0.328 e. The van der Waals surface area contributed by atoms with Crippen LogP contribution in [0.2, 0.25) is 0 Å². The molecule has 0 aliphatic heterocycles. The third kappa shape index (κ3) is 3.94. The Balaban J connectivity index is 2.61. The minimum absolute atomic E-state index is 0.0124. The molecule has 5 nitrogen and oxygen atoms in total. The molecule has 0 saturated heterocycles. The van der Waals surface area contributed by atoms with Crippen LogP contribution in [0.1, 0.15) is 13.3 Å². The van der Waals surface area contributed by atoms with Gasteiger partial charge in [0, 0.05) is 25.0 Å². The summed E-state index contributed by atoms with van der Waals surface area (Å²) >= 11 is 0. The summed E-state index contributed by atoms with van der Waals surface area (Å²) in [6.45, 7) is 2.17. The van der Waals surface area contributed by atoms with E-state index in [-0.39, 0.29) is 10.9 Å². The zero-order chi connectivity index (χ0) is 11.3. The number of rotatable bonds is 5. The van der Waals surface area contributed by atoms with Gasteiger partial charge in [0.15, 0.2) is 0 Å². The Bertz CT molecular complexity index is 389. The van der Waals surface area contributed by atoms with Crippen molar-refractivity contribution in [2.75, 3.05) is 6.54 Å². The van der Waals surface area contributed by atoms with E-state index < -0.39 is 10.0 Å². The number of nitrogens with one attached hydrogen (secondary N) is 1. The van der Waals surface area contributed by atoms with Crippen LogP contribution in [0.25, 0.3) is 0 Å². The molecule has 1 aromatic rings. The third-order valence-electron chi connectivity index (χ3n) is 1.84. The van der Waals surface area contributed by atoms with Crippen molar-refractivity contribution in [2.24, 2.45) is 5.73 Å². The zero-order valence-electron chi connectivity index (χ0n) is 8.55. The highest BCUT2D eigenvalue weighted by molar-refractivity contribution is 7.89. The molecule has 1 atom stereocenters. The minimum atomic E-state index is -3.42. The highest BCUT2D eigenvalue weighted by Gasteiger charge is 2.12. The molecule has 0 spiro atoms. The first-order valence-corrected chi connectivity index (χ1v) is 6.16. The van der Waals surface area contributed by atoms with Crippen molar-refractivity contribution in [3.05, 3.63) is 24.5 Å². The number of hydrogen-bond acceptors (Lipinski definition) is 4. The second-order valence-electron chi connectivity index (χ2n) is 3.35. The van der Waals surface area contributed by atoms with Crippen molar-refractivity contribution in [1.29, 1.82) is 0 Å². The molecule has 0 aromatic carbocycles. The van der Waals surface area contributed by atoms with Crippen molar-refractivity contribution >= 4 is 10.0 Å². The lowest BCUT2D eigenvalue weighted by atomic mass is 10.3. The second kappa shape index (κ2) is 5.20. The Morgan fingerprint density at radius 2 is 2.33 bits per heavy atom. The van der Waals surface area contributed by atoms with Crippen LogP contribution in [0, 0.1) is 0 Å². The van der Waals surface area contributed by atoms with E-state index >= 15 is 0 Å². The molecule has 1 unspecified atom stereocenters. The molecule has 0 saturated carbocycles. The van der Waals surface area contributed by atoms with Gasteiger partial charge < -0.3 is 5.73 Å². The maximum absolute atomic E-state index is 11.6. The van der Waals surface area contributed by atoms with Gasteiger partial charge in [0.05, 0.1) is 0 Å². The van der Waals surface area contributed by atoms with E-state index in [9.17, 15) is 8.42 Å². The van der Waals surface area contributed by atoms with E-state index in [2.05, 4.69) is 9.71 Å². The van der Waals surface area contributed by atoms with Crippen molar-refractivity contribution in [3.63, 3.8) is 0 Å². The van der Waals surface area contributed by atoms with Crippen LogP contribution >= 0.6 is 0 Å². The van der Waals surface area contributed by atoms with Gasteiger partial charge in [0.25, 0.3) is 0 Å². The fourth-order valence-electron chi connectivity index (χ4n) is 1.01. The first-order chi connectivity index (χ1) is 7.02. The van der Waals surface area contributed by atoms with E-state index in [1.165, 1.54) is 18.5 Å². The second-order valence-corrected chi connectivity index (χ2v) is 5.12. The summed E-state index contributed by atoms with van der Waals surface area (Å²) in [5, 5.41) is 0. The average molecular weight is 229 g/mol. The zero-order valence-corrected chi connectivity index (χ0v) is 9.37. The molecule has 15 heavy (non-hydrogen) atoms. The average Bonchev–Trinajstić information content (AvgIpc) is 2.18. The SMILES string of the molecule is CC(N)CCNS(=O)(=O)c1cccnc1. The Morgan fingerprint density at radius 1 is 1.60 bits per heavy atom. The normalized spacial score (nSPS) is 13.7. The van der Waals surface area contributed by atoms with E-state index in [0.29, 0.717) is 13.0 Å². The van der Waals surface area contributed by atoms with Gasteiger partial charge in [-0.2, -0.15) is 0 Å². The number of nitrogens with two attached hydrogens (primary N) is 1. The molecule has 0 amide bonds. The van der Waals surface area contributed by atoms with E-state index in [1.807, 2.05) is 6.92 Å². The van der Waals surface area contributed by atoms with E-state index in [4.69, 9.17) is 5.73 Å². The molecule has 0 aliphatic rings. The Hall–Kier alpha value is -0.980. The summed E-state index contributed by atoms with van der Waals surface area (Å²) in [4.78, 5) is 3.93. The Morgan fingerprint density at radius 3 is 2.87 bits per heavy atom. The monoisotopic (exact) mass is 229 g/mol. The molecular formula is C9H15N3O2S. The fourth-order valence-corrected chi connectivity index (χ4v) is 2.02. The molecule has 1 aromatic heterocycles. The van der Waals surface area contributed by atoms with E-state index in [0.717, 1.165) is 0 Å². The van der Waals surface area contributed by atoms with Crippen molar-refractivity contribution in [2.45, 2.75) is 24.3 Å². The predicted octanol–water partition coefficient (Wildman–Crippen LogP) is 0.0972. The lowest BCUT2D eigenvalue weighted by molar-refractivity contribution is 0.571. The van der Waals surface area contributed by atoms with Crippen LogP contribution in [0.15, 0.2) is 29.4 Å². The van der Waals surface area contributed by atoms with Gasteiger partial charge >= 0.3 is 0 Å². The first-order valence-electron chi connectivity index (χ1n) is 4.67. The standard InChI is InChI=1S/C9H15N3O2S/c1-8(10)4-6-12-15(13,14)9-3-2-5-11-7-9/h2-3,5,7-8,12H,4,6,10H2,1H3. The number of hydrogen-bond donors (Lipinski definition) is 2. The first kappa shape index (κ1) is 12.1. The molecule has 0 fully saturated rings. The molecule has 1 rings (SSSR count). The lowest BCUT2D eigenvalue weighted by Crippen LogP contribution is -2.29. The topological polar surface area (TPSA) is 85.1 Å². The molecule has 84 valence electrons. The number of aromatic nitrogens is 1. The molecule has 0 aliphatic carbocycles. The summed E-state index contributed by atoms with van der Waals surface area (Å²) in [6, 6.07) is 3.07. The van der Waals surface area contributed by atoms with Gasteiger partial charge in [-0.05, 0) is 25.5 Å². The lowest BCUT2D eigenvalue weighted by Gasteiger charge is -2.07. The summed E-state index contributed by atoms with van der Waals surface area (Å²) in [7, 11) is -3.42. The Labute approximate surface area is 89.8 Å². The molecular weight excluding hydrogens is 214 g/mol. The predicted molar refractivity (Wildman–Crippen MR) is 57.7 cm³/mol.